The predicted octanol–water partition coefficient (Wildman–Crippen LogP) is 6.23. The summed E-state index contributed by atoms with van der Waals surface area (Å²) in [4.78, 5) is 40.2. The Labute approximate surface area is 276 Å². The quantitative estimate of drug-likeness (QED) is 0.0786. The number of aromatic nitrogens is 8. The van der Waals surface area contributed by atoms with Crippen LogP contribution in [0, 0.1) is 13.8 Å². The lowest BCUT2D eigenvalue weighted by molar-refractivity contribution is -0.134. The number of rotatable bonds is 6. The van der Waals surface area contributed by atoms with Crippen LogP contribution in [-0.4, -0.2) is 63.0 Å². The molecule has 0 atom stereocenters. The van der Waals surface area contributed by atoms with Crippen molar-refractivity contribution in [2.45, 2.75) is 58.5 Å². The average molecular weight is 657 g/mol. The Balaban J connectivity index is 0.000000141. The first-order valence-electron chi connectivity index (χ1n) is 15.1. The summed E-state index contributed by atoms with van der Waals surface area (Å²) in [5.74, 6) is 1.55. The molecule has 0 bridgehead atoms. The molecule has 0 unspecified atom stereocenters. The molecule has 2 aliphatic rings. The predicted molar refractivity (Wildman–Crippen MR) is 185 cm³/mol. The van der Waals surface area contributed by atoms with E-state index in [1.807, 2.05) is 56.4 Å². The molecule has 0 radical (unpaired) electrons. The maximum atomic E-state index is 9.00. The van der Waals surface area contributed by atoms with E-state index in [2.05, 4.69) is 55.8 Å². The van der Waals surface area contributed by atoms with Gasteiger partial charge in [0.2, 0.25) is 11.2 Å². The number of aryl methyl sites for hydroxylation is 2. The number of nitrogens with zero attached hydrogens (tertiary/aromatic N) is 6. The van der Waals surface area contributed by atoms with Crippen molar-refractivity contribution in [1.29, 1.82) is 0 Å². The zero-order chi connectivity index (χ0) is 33.3. The molecule has 14 nitrogen and oxygen atoms in total. The highest BCUT2D eigenvalue weighted by Gasteiger charge is 2.23. The molecule has 47 heavy (non-hydrogen) atoms. The number of halogens is 1. The van der Waals surface area contributed by atoms with Gasteiger partial charge in [-0.15, -0.1) is 0 Å². The lowest BCUT2D eigenvalue weighted by Crippen LogP contribution is -2.07. The first-order valence-corrected chi connectivity index (χ1v) is 15.4. The van der Waals surface area contributed by atoms with Crippen LogP contribution in [-0.2, 0) is 4.79 Å². The number of imidazole rings is 2. The number of nitrogens with one attached hydrogen (secondary N) is 5. The van der Waals surface area contributed by atoms with Gasteiger partial charge in [0.25, 0.3) is 5.97 Å². The van der Waals surface area contributed by atoms with Crippen molar-refractivity contribution in [2.24, 2.45) is 0 Å². The average Bonchev–Trinajstić information content (AvgIpc) is 3.94. The maximum absolute atomic E-state index is 9.00. The number of fused-ring (bicyclic) bond motifs is 2. The summed E-state index contributed by atoms with van der Waals surface area (Å²) in [5, 5.41) is 17.7. The maximum Gasteiger partial charge on any atom is 0.300 e. The van der Waals surface area contributed by atoms with Crippen LogP contribution >= 0.6 is 11.6 Å². The Kier molecular flexibility index (Phi) is 10.6. The summed E-state index contributed by atoms with van der Waals surface area (Å²) in [6.45, 7) is 5.08. The fraction of sp³-hybridized carbons (Fsp3) is 0.281. The number of nitrogens with two attached hydrogens (primary N) is 1. The Morgan fingerprint density at radius 1 is 0.830 bits per heavy atom. The SMILES string of the molecule is CC(=O)O.Cc1cnc(Cl)nc1NC1CC1.Cc1cnc(Nc2ccc3nc[nH]c3c2)nc1NC1CC1.Nc1ccc2nc[nH]c2c1. The Hall–Kier alpha value is -5.50. The van der Waals surface area contributed by atoms with Gasteiger partial charge in [0.05, 0.1) is 34.7 Å². The van der Waals surface area contributed by atoms with E-state index in [-0.39, 0.29) is 0 Å². The molecule has 2 fully saturated rings. The smallest absolute Gasteiger partial charge is 0.300 e. The Morgan fingerprint density at radius 2 is 1.36 bits per heavy atom. The van der Waals surface area contributed by atoms with E-state index in [9.17, 15) is 0 Å². The standard InChI is InChI=1S/C15H16N6.C8H10ClN3.C7H7N3.C2H4O2/c1-9-7-16-15(21-14(9)19-10-2-3-10)20-11-4-5-12-13(6-11)18-8-17-12;1-5-4-10-8(9)12-7(5)11-6-2-3-6;8-5-1-2-6-7(3-5)10-4-9-6;1-2(3)4/h4-8,10H,2-3H2,1H3,(H,17,18)(H2,16,19,20,21);4,6H,2-3H2,1H3,(H,10,11,12);1-4H,8H2,(H,9,10);1H3,(H,3,4). The van der Waals surface area contributed by atoms with Gasteiger partial charge in [0.15, 0.2) is 0 Å². The minimum absolute atomic E-state index is 0.309. The summed E-state index contributed by atoms with van der Waals surface area (Å²) in [6.07, 6.45) is 11.8. The van der Waals surface area contributed by atoms with E-state index in [4.69, 9.17) is 27.2 Å². The third-order valence-electron chi connectivity index (χ3n) is 6.87. The number of benzene rings is 2. The number of hydrogen-bond acceptors (Lipinski definition) is 11. The largest absolute Gasteiger partial charge is 0.481 e. The monoisotopic (exact) mass is 656 g/mol. The second-order valence-electron chi connectivity index (χ2n) is 11.2. The number of anilines is 5. The minimum atomic E-state index is -0.833. The molecule has 0 spiro atoms. The lowest BCUT2D eigenvalue weighted by Gasteiger charge is -2.10. The van der Waals surface area contributed by atoms with Gasteiger partial charge in [-0.05, 0) is 87.5 Å². The summed E-state index contributed by atoms with van der Waals surface area (Å²) in [6, 6.07) is 12.7. The molecule has 244 valence electrons. The van der Waals surface area contributed by atoms with Crippen LogP contribution in [0.3, 0.4) is 0 Å². The summed E-state index contributed by atoms with van der Waals surface area (Å²) < 4.78 is 0. The van der Waals surface area contributed by atoms with Gasteiger partial charge < -0.3 is 36.8 Å². The van der Waals surface area contributed by atoms with Crippen molar-refractivity contribution < 1.29 is 9.90 Å². The highest BCUT2D eigenvalue weighted by atomic mass is 35.5. The second-order valence-corrected chi connectivity index (χ2v) is 11.5. The van der Waals surface area contributed by atoms with Crippen molar-refractivity contribution in [3.8, 4) is 0 Å². The molecule has 2 aromatic carbocycles. The number of H-pyrrole nitrogens is 2. The van der Waals surface area contributed by atoms with Crippen LogP contribution in [0.25, 0.3) is 22.1 Å². The van der Waals surface area contributed by atoms with E-state index in [1.54, 1.807) is 18.9 Å². The molecule has 15 heteroatoms. The molecule has 8 N–H and O–H groups in total. The molecule has 6 aromatic rings. The normalized spacial score (nSPS) is 13.3. The molecular formula is C32H37ClN12O2. The second kappa shape index (κ2) is 15.2. The fourth-order valence-electron chi connectivity index (χ4n) is 4.15. The van der Waals surface area contributed by atoms with Gasteiger partial charge in [-0.1, -0.05) is 0 Å². The van der Waals surface area contributed by atoms with Gasteiger partial charge in [0.1, 0.15) is 11.6 Å². The number of aromatic amines is 2. The van der Waals surface area contributed by atoms with Crippen LogP contribution in [0.4, 0.5) is 29.0 Å². The zero-order valence-corrected chi connectivity index (χ0v) is 27.0. The molecule has 0 aliphatic heterocycles. The van der Waals surface area contributed by atoms with Crippen LogP contribution in [0.2, 0.25) is 5.28 Å². The molecule has 0 amide bonds. The molecule has 8 rings (SSSR count). The first kappa shape index (κ1) is 32.9. The van der Waals surface area contributed by atoms with Crippen LogP contribution in [0.1, 0.15) is 43.7 Å². The molecule has 0 saturated heterocycles. The van der Waals surface area contributed by atoms with E-state index >= 15 is 0 Å². The van der Waals surface area contributed by atoms with Crippen molar-refractivity contribution in [1.82, 2.24) is 39.9 Å². The molecule has 2 aliphatic carbocycles. The Morgan fingerprint density at radius 3 is 1.96 bits per heavy atom. The van der Waals surface area contributed by atoms with Gasteiger partial charge in [-0.2, -0.15) is 4.98 Å². The minimum Gasteiger partial charge on any atom is -0.481 e. The van der Waals surface area contributed by atoms with Gasteiger partial charge >= 0.3 is 0 Å². The van der Waals surface area contributed by atoms with Gasteiger partial charge in [0, 0.05) is 53.9 Å². The fourth-order valence-corrected chi connectivity index (χ4v) is 4.29. The van der Waals surface area contributed by atoms with E-state index in [0.29, 0.717) is 23.3 Å². The van der Waals surface area contributed by atoms with E-state index in [1.165, 1.54) is 25.7 Å². The van der Waals surface area contributed by atoms with Crippen LogP contribution in [0.15, 0.2) is 61.4 Å². The molecule has 4 aromatic heterocycles. The lowest BCUT2D eigenvalue weighted by atomic mass is 10.3. The zero-order valence-electron chi connectivity index (χ0n) is 26.3. The summed E-state index contributed by atoms with van der Waals surface area (Å²) in [5.41, 5.74) is 13.2. The highest BCUT2D eigenvalue weighted by molar-refractivity contribution is 6.28. The molecular weight excluding hydrogens is 620 g/mol. The topological polar surface area (TPSA) is 208 Å². The molecule has 4 heterocycles. The van der Waals surface area contributed by atoms with E-state index in [0.717, 1.165) is 63.1 Å². The van der Waals surface area contributed by atoms with Crippen molar-refractivity contribution in [3.05, 3.63) is 77.9 Å². The van der Waals surface area contributed by atoms with Crippen molar-refractivity contribution >= 4 is 68.6 Å². The molecule has 2 saturated carbocycles. The van der Waals surface area contributed by atoms with Crippen molar-refractivity contribution in [3.63, 3.8) is 0 Å². The first-order chi connectivity index (χ1) is 22.6. The summed E-state index contributed by atoms with van der Waals surface area (Å²) in [7, 11) is 0. The number of carbonyl (C=O) groups is 1. The summed E-state index contributed by atoms with van der Waals surface area (Å²) >= 11 is 5.66. The third kappa shape index (κ3) is 10.3. The van der Waals surface area contributed by atoms with Crippen LogP contribution < -0.4 is 21.7 Å². The Bertz CT molecular complexity index is 1950. The van der Waals surface area contributed by atoms with Crippen molar-refractivity contribution in [2.75, 3.05) is 21.7 Å². The van der Waals surface area contributed by atoms with Crippen LogP contribution in [0.5, 0.6) is 0 Å². The third-order valence-corrected chi connectivity index (χ3v) is 7.05. The van der Waals surface area contributed by atoms with Gasteiger partial charge in [-0.3, -0.25) is 4.79 Å². The number of carboxylic acid groups (broad SMARTS) is 1. The van der Waals surface area contributed by atoms with E-state index < -0.39 is 5.97 Å². The number of carboxylic acids is 1. The highest BCUT2D eigenvalue weighted by Crippen LogP contribution is 2.27. The number of nitrogen functional groups attached to an aromatic ring is 1. The number of aliphatic carboxylic acids is 1. The number of hydrogen-bond donors (Lipinski definition) is 7. The van der Waals surface area contributed by atoms with Gasteiger partial charge in [-0.25, -0.2) is 24.9 Å².